The van der Waals surface area contributed by atoms with E-state index in [4.69, 9.17) is 0 Å². The molecule has 1 N–H and O–H groups in total. The van der Waals surface area contributed by atoms with Crippen LogP contribution >= 0.6 is 0 Å². The normalized spacial score (nSPS) is 14.4. The lowest BCUT2D eigenvalue weighted by molar-refractivity contribution is 0.0723. The lowest BCUT2D eigenvalue weighted by atomic mass is 9.97. The van der Waals surface area contributed by atoms with Crippen molar-refractivity contribution in [2.75, 3.05) is 13.1 Å². The van der Waals surface area contributed by atoms with Crippen LogP contribution in [0.25, 0.3) is 0 Å². The summed E-state index contributed by atoms with van der Waals surface area (Å²) < 4.78 is 0. The molecule has 4 nitrogen and oxygen atoms in total. The molecule has 1 saturated heterocycles. The Labute approximate surface area is 141 Å². The van der Waals surface area contributed by atoms with Gasteiger partial charge in [-0.1, -0.05) is 18.2 Å². The zero-order valence-electron chi connectivity index (χ0n) is 13.6. The minimum Gasteiger partial charge on any atom is -0.508 e. The SMILES string of the molecule is O=C(Cc1ccccc1C(=O)N1CCCCC1)c1ccc(O)cc1. The van der Waals surface area contributed by atoms with Crippen molar-refractivity contribution >= 4 is 11.7 Å². The van der Waals surface area contributed by atoms with Gasteiger partial charge in [-0.3, -0.25) is 9.59 Å². The zero-order valence-corrected chi connectivity index (χ0v) is 13.6. The van der Waals surface area contributed by atoms with Gasteiger partial charge >= 0.3 is 0 Å². The minimum absolute atomic E-state index is 0.0174. The Hall–Kier alpha value is -2.62. The fourth-order valence-corrected chi connectivity index (χ4v) is 3.07. The number of phenols is 1. The first-order valence-electron chi connectivity index (χ1n) is 8.34. The summed E-state index contributed by atoms with van der Waals surface area (Å²) >= 11 is 0. The van der Waals surface area contributed by atoms with Gasteiger partial charge < -0.3 is 10.0 Å². The fourth-order valence-electron chi connectivity index (χ4n) is 3.07. The van der Waals surface area contributed by atoms with Crippen LogP contribution in [0.15, 0.2) is 48.5 Å². The second kappa shape index (κ2) is 7.30. The maximum Gasteiger partial charge on any atom is 0.254 e. The highest BCUT2D eigenvalue weighted by Gasteiger charge is 2.21. The second-order valence-electron chi connectivity index (χ2n) is 6.16. The number of piperidine rings is 1. The Morgan fingerprint density at radius 3 is 2.29 bits per heavy atom. The van der Waals surface area contributed by atoms with Gasteiger partial charge in [0.15, 0.2) is 5.78 Å². The van der Waals surface area contributed by atoms with Gasteiger partial charge in [0.25, 0.3) is 5.91 Å². The van der Waals surface area contributed by atoms with Gasteiger partial charge in [0.1, 0.15) is 5.75 Å². The van der Waals surface area contributed by atoms with Crippen molar-refractivity contribution in [1.82, 2.24) is 4.90 Å². The summed E-state index contributed by atoms with van der Waals surface area (Å²) in [5.74, 6) is 0.0879. The molecule has 0 bridgehead atoms. The summed E-state index contributed by atoms with van der Waals surface area (Å²) in [5.41, 5.74) is 1.91. The van der Waals surface area contributed by atoms with E-state index in [0.717, 1.165) is 31.5 Å². The summed E-state index contributed by atoms with van der Waals surface area (Å²) in [6.45, 7) is 1.58. The molecule has 0 saturated carbocycles. The molecule has 24 heavy (non-hydrogen) atoms. The third-order valence-corrected chi connectivity index (χ3v) is 4.43. The summed E-state index contributed by atoms with van der Waals surface area (Å²) in [4.78, 5) is 27.1. The topological polar surface area (TPSA) is 57.6 Å². The number of amides is 1. The summed E-state index contributed by atoms with van der Waals surface area (Å²) in [5, 5.41) is 9.33. The number of hydrogen-bond acceptors (Lipinski definition) is 3. The smallest absolute Gasteiger partial charge is 0.254 e. The van der Waals surface area contributed by atoms with Gasteiger partial charge in [0.2, 0.25) is 0 Å². The van der Waals surface area contributed by atoms with Crippen LogP contribution in [0.5, 0.6) is 5.75 Å². The van der Waals surface area contributed by atoms with Crippen molar-refractivity contribution in [3.05, 3.63) is 65.2 Å². The Morgan fingerprint density at radius 2 is 1.58 bits per heavy atom. The summed E-state index contributed by atoms with van der Waals surface area (Å²) in [6, 6.07) is 13.5. The molecule has 2 aromatic rings. The molecule has 3 rings (SSSR count). The van der Waals surface area contributed by atoms with Crippen molar-refractivity contribution in [2.45, 2.75) is 25.7 Å². The molecule has 2 aromatic carbocycles. The van der Waals surface area contributed by atoms with Gasteiger partial charge in [-0.05, 0) is 55.2 Å². The van der Waals surface area contributed by atoms with Gasteiger partial charge in [0.05, 0.1) is 0 Å². The number of benzene rings is 2. The highest BCUT2D eigenvalue weighted by Crippen LogP contribution is 2.19. The fraction of sp³-hybridized carbons (Fsp3) is 0.300. The number of likely N-dealkylation sites (tertiary alicyclic amines) is 1. The molecular formula is C20H21NO3. The van der Waals surface area contributed by atoms with Crippen molar-refractivity contribution in [1.29, 1.82) is 0 Å². The number of carbonyl (C=O) groups excluding carboxylic acids is 2. The maximum absolute atomic E-state index is 12.8. The molecule has 0 radical (unpaired) electrons. The average Bonchev–Trinajstić information content (AvgIpc) is 2.63. The Kier molecular flexibility index (Phi) is 4.94. The van der Waals surface area contributed by atoms with Crippen LogP contribution in [0.4, 0.5) is 0 Å². The van der Waals surface area contributed by atoms with E-state index in [2.05, 4.69) is 0 Å². The Bertz CT molecular complexity index is 731. The molecule has 1 aliphatic rings. The molecule has 0 aliphatic carbocycles. The molecule has 0 atom stereocenters. The van der Waals surface area contributed by atoms with Crippen LogP contribution in [0.3, 0.4) is 0 Å². The van der Waals surface area contributed by atoms with Gasteiger partial charge in [-0.2, -0.15) is 0 Å². The highest BCUT2D eigenvalue weighted by molar-refractivity contribution is 6.01. The van der Waals surface area contributed by atoms with Gasteiger partial charge in [-0.15, -0.1) is 0 Å². The number of rotatable bonds is 4. The minimum atomic E-state index is -0.0612. The summed E-state index contributed by atoms with van der Waals surface area (Å²) in [7, 11) is 0. The second-order valence-corrected chi connectivity index (χ2v) is 6.16. The number of ketones is 1. The average molecular weight is 323 g/mol. The van der Waals surface area contributed by atoms with Crippen molar-refractivity contribution in [3.63, 3.8) is 0 Å². The van der Waals surface area contributed by atoms with Gasteiger partial charge in [-0.25, -0.2) is 0 Å². The Morgan fingerprint density at radius 1 is 0.917 bits per heavy atom. The van der Waals surface area contributed by atoms with Crippen molar-refractivity contribution < 1.29 is 14.7 Å². The standard InChI is InChI=1S/C20H21NO3/c22-17-10-8-15(9-11-17)19(23)14-16-6-2-3-7-18(16)20(24)21-12-4-1-5-13-21/h2-3,6-11,22H,1,4-5,12-14H2. The van der Waals surface area contributed by atoms with Gasteiger partial charge in [0, 0.05) is 30.6 Å². The molecule has 0 spiro atoms. The van der Waals surface area contributed by atoms with Crippen LogP contribution in [-0.2, 0) is 6.42 Å². The number of phenolic OH excluding ortho intramolecular Hbond substituents is 1. The van der Waals surface area contributed by atoms with E-state index >= 15 is 0 Å². The Balaban J connectivity index is 1.79. The molecule has 124 valence electrons. The van der Waals surface area contributed by atoms with E-state index in [1.54, 1.807) is 18.2 Å². The predicted octanol–water partition coefficient (Wildman–Crippen LogP) is 3.44. The van der Waals surface area contributed by atoms with Crippen molar-refractivity contribution in [2.24, 2.45) is 0 Å². The number of aromatic hydroxyl groups is 1. The zero-order chi connectivity index (χ0) is 16.9. The molecule has 1 fully saturated rings. The third kappa shape index (κ3) is 3.65. The van der Waals surface area contributed by atoms with Crippen LogP contribution in [0.2, 0.25) is 0 Å². The lowest BCUT2D eigenvalue weighted by Gasteiger charge is -2.27. The lowest BCUT2D eigenvalue weighted by Crippen LogP contribution is -2.36. The predicted molar refractivity (Wildman–Crippen MR) is 92.3 cm³/mol. The van der Waals surface area contributed by atoms with E-state index < -0.39 is 0 Å². The molecule has 0 aromatic heterocycles. The molecule has 1 heterocycles. The molecule has 4 heteroatoms. The first-order chi connectivity index (χ1) is 11.6. The number of nitrogens with zero attached hydrogens (tertiary/aromatic N) is 1. The van der Waals surface area contributed by atoms with E-state index in [9.17, 15) is 14.7 Å². The van der Waals surface area contributed by atoms with E-state index in [1.807, 2.05) is 23.1 Å². The van der Waals surface area contributed by atoms with Crippen LogP contribution < -0.4 is 0 Å². The van der Waals surface area contributed by atoms with Crippen molar-refractivity contribution in [3.8, 4) is 5.75 Å². The molecular weight excluding hydrogens is 302 g/mol. The summed E-state index contributed by atoms with van der Waals surface area (Å²) in [6.07, 6.45) is 3.44. The van der Waals surface area contributed by atoms with Crippen LogP contribution in [0, 0.1) is 0 Å². The molecule has 1 amide bonds. The maximum atomic E-state index is 12.8. The number of carbonyl (C=O) groups is 2. The van der Waals surface area contributed by atoms with E-state index in [-0.39, 0.29) is 23.9 Å². The van der Waals surface area contributed by atoms with Crippen LogP contribution in [-0.4, -0.2) is 34.8 Å². The first-order valence-corrected chi connectivity index (χ1v) is 8.34. The number of hydrogen-bond donors (Lipinski definition) is 1. The van der Waals surface area contributed by atoms with E-state index in [0.29, 0.717) is 11.1 Å². The van der Waals surface area contributed by atoms with Crippen LogP contribution in [0.1, 0.15) is 45.5 Å². The number of Topliss-reactive ketones (excluding diaryl/α,β-unsaturated/α-hetero) is 1. The monoisotopic (exact) mass is 323 g/mol. The molecule has 1 aliphatic heterocycles. The van der Waals surface area contributed by atoms with E-state index in [1.165, 1.54) is 18.6 Å². The quantitative estimate of drug-likeness (QED) is 0.877. The third-order valence-electron chi connectivity index (χ3n) is 4.43. The first kappa shape index (κ1) is 16.2. The largest absolute Gasteiger partial charge is 0.508 e. The molecule has 0 unspecified atom stereocenters. The highest BCUT2D eigenvalue weighted by atomic mass is 16.3.